The highest BCUT2D eigenvalue weighted by molar-refractivity contribution is 8.02. The fourth-order valence-corrected chi connectivity index (χ4v) is 3.40. The molecule has 0 spiro atoms. The van der Waals surface area contributed by atoms with Crippen molar-refractivity contribution in [2.45, 2.75) is 23.4 Å². The Hall–Kier alpha value is -2.00. The van der Waals surface area contributed by atoms with Crippen molar-refractivity contribution in [2.75, 3.05) is 5.32 Å². The summed E-state index contributed by atoms with van der Waals surface area (Å²) in [6.45, 7) is 3.62. The van der Waals surface area contributed by atoms with Gasteiger partial charge in [-0.15, -0.1) is 10.2 Å². The van der Waals surface area contributed by atoms with E-state index in [0.717, 1.165) is 9.35 Å². The number of hydrogen-bond acceptors (Lipinski definition) is 7. The maximum Gasteiger partial charge on any atom is 0.269 e. The number of aryl methyl sites for hydroxylation is 1. The van der Waals surface area contributed by atoms with Crippen molar-refractivity contribution in [1.29, 1.82) is 0 Å². The maximum absolute atomic E-state index is 12.0. The quantitative estimate of drug-likeness (QED) is 0.516. The molecular formula is C12H12N4O3S2. The third-order valence-electron chi connectivity index (χ3n) is 2.50. The van der Waals surface area contributed by atoms with E-state index in [4.69, 9.17) is 0 Å². The summed E-state index contributed by atoms with van der Waals surface area (Å²) in [6.07, 6.45) is 0. The standard InChI is InChI=1S/C12H12N4O3S2/c1-7(20-12-15-14-8(2)21-12)11(17)13-9-3-5-10(6-4-9)16(18)19/h3-7H,1-2H3,(H,13,17)/t7-/m0/s1. The summed E-state index contributed by atoms with van der Waals surface area (Å²) in [7, 11) is 0. The second-order valence-corrected chi connectivity index (χ2v) is 6.91. The number of thioether (sulfide) groups is 1. The van der Waals surface area contributed by atoms with Gasteiger partial charge in [-0.1, -0.05) is 23.1 Å². The van der Waals surface area contributed by atoms with Crippen LogP contribution < -0.4 is 5.32 Å². The number of non-ortho nitro benzene ring substituents is 1. The van der Waals surface area contributed by atoms with E-state index in [1.807, 2.05) is 6.92 Å². The molecule has 110 valence electrons. The van der Waals surface area contributed by atoms with Crippen molar-refractivity contribution in [3.63, 3.8) is 0 Å². The molecule has 0 aliphatic carbocycles. The Kier molecular flexibility index (Phi) is 4.86. The van der Waals surface area contributed by atoms with Gasteiger partial charge in [-0.2, -0.15) is 0 Å². The fraction of sp³-hybridized carbons (Fsp3) is 0.250. The highest BCUT2D eigenvalue weighted by Crippen LogP contribution is 2.27. The first-order valence-corrected chi connectivity index (χ1v) is 7.67. The molecule has 0 saturated carbocycles. The van der Waals surface area contributed by atoms with Crippen LogP contribution in [0.1, 0.15) is 11.9 Å². The molecule has 21 heavy (non-hydrogen) atoms. The summed E-state index contributed by atoms with van der Waals surface area (Å²) in [5.74, 6) is -0.193. The molecular weight excluding hydrogens is 312 g/mol. The Morgan fingerprint density at radius 1 is 1.38 bits per heavy atom. The van der Waals surface area contributed by atoms with Gasteiger partial charge in [0.15, 0.2) is 4.34 Å². The first-order valence-electron chi connectivity index (χ1n) is 5.98. The first kappa shape index (κ1) is 15.4. The minimum Gasteiger partial charge on any atom is -0.325 e. The van der Waals surface area contributed by atoms with Crippen molar-refractivity contribution in [1.82, 2.24) is 10.2 Å². The van der Waals surface area contributed by atoms with Crippen LogP contribution in [0.4, 0.5) is 11.4 Å². The lowest BCUT2D eigenvalue weighted by molar-refractivity contribution is -0.384. The van der Waals surface area contributed by atoms with Crippen LogP contribution in [0.3, 0.4) is 0 Å². The molecule has 1 aromatic heterocycles. The molecule has 0 radical (unpaired) electrons. The van der Waals surface area contributed by atoms with Gasteiger partial charge in [-0.25, -0.2) is 0 Å². The van der Waals surface area contributed by atoms with E-state index < -0.39 is 4.92 Å². The average Bonchev–Trinajstić information content (AvgIpc) is 2.84. The summed E-state index contributed by atoms with van der Waals surface area (Å²) in [5, 5.41) is 21.6. The number of carbonyl (C=O) groups excluding carboxylic acids is 1. The Morgan fingerprint density at radius 2 is 2.05 bits per heavy atom. The average molecular weight is 324 g/mol. The number of hydrogen-bond donors (Lipinski definition) is 1. The number of amides is 1. The molecule has 0 bridgehead atoms. The highest BCUT2D eigenvalue weighted by Gasteiger charge is 2.17. The van der Waals surface area contributed by atoms with Crippen LogP contribution in [-0.2, 0) is 4.79 Å². The molecule has 2 aromatic rings. The van der Waals surface area contributed by atoms with Gasteiger partial charge in [-0.05, 0) is 26.0 Å². The van der Waals surface area contributed by atoms with Crippen LogP contribution >= 0.6 is 23.1 Å². The third-order valence-corrected chi connectivity index (χ3v) is 4.52. The lowest BCUT2D eigenvalue weighted by atomic mass is 10.3. The lowest BCUT2D eigenvalue weighted by Crippen LogP contribution is -2.22. The summed E-state index contributed by atoms with van der Waals surface area (Å²) in [4.78, 5) is 22.1. The summed E-state index contributed by atoms with van der Waals surface area (Å²) in [5.41, 5.74) is 0.506. The van der Waals surface area contributed by atoms with Gasteiger partial charge < -0.3 is 5.32 Å². The molecule has 1 aromatic carbocycles. The van der Waals surface area contributed by atoms with E-state index in [0.29, 0.717) is 5.69 Å². The van der Waals surface area contributed by atoms with Crippen molar-refractivity contribution >= 4 is 40.4 Å². The second kappa shape index (κ2) is 6.64. The van der Waals surface area contributed by atoms with Crippen molar-refractivity contribution in [3.05, 3.63) is 39.4 Å². The molecule has 9 heteroatoms. The number of carbonyl (C=O) groups is 1. The summed E-state index contributed by atoms with van der Waals surface area (Å²) in [6, 6.07) is 5.70. The second-order valence-electron chi connectivity index (χ2n) is 4.14. The van der Waals surface area contributed by atoms with Crippen molar-refractivity contribution < 1.29 is 9.72 Å². The molecule has 7 nitrogen and oxygen atoms in total. The van der Waals surface area contributed by atoms with E-state index in [2.05, 4.69) is 15.5 Å². The molecule has 1 heterocycles. The normalized spacial score (nSPS) is 11.9. The van der Waals surface area contributed by atoms with E-state index in [9.17, 15) is 14.9 Å². The largest absolute Gasteiger partial charge is 0.325 e. The van der Waals surface area contributed by atoms with Crippen LogP contribution in [-0.4, -0.2) is 26.3 Å². The number of nitro groups is 1. The SMILES string of the molecule is Cc1nnc(S[C@@H](C)C(=O)Nc2ccc([N+](=O)[O-])cc2)s1. The Balaban J connectivity index is 1.95. The van der Waals surface area contributed by atoms with Gasteiger partial charge >= 0.3 is 0 Å². The van der Waals surface area contributed by atoms with E-state index in [1.54, 1.807) is 6.92 Å². The van der Waals surface area contributed by atoms with Gasteiger partial charge in [0.1, 0.15) is 5.01 Å². The van der Waals surface area contributed by atoms with Crippen molar-refractivity contribution in [3.8, 4) is 0 Å². The molecule has 0 unspecified atom stereocenters. The summed E-state index contributed by atoms with van der Waals surface area (Å²) >= 11 is 2.76. The number of benzene rings is 1. The molecule has 1 atom stereocenters. The van der Waals surface area contributed by atoms with Crippen LogP contribution in [0.5, 0.6) is 0 Å². The van der Waals surface area contributed by atoms with Crippen LogP contribution in [0.2, 0.25) is 0 Å². The Bertz CT molecular complexity index is 657. The smallest absolute Gasteiger partial charge is 0.269 e. The van der Waals surface area contributed by atoms with Gasteiger partial charge in [0, 0.05) is 17.8 Å². The monoisotopic (exact) mass is 324 g/mol. The highest BCUT2D eigenvalue weighted by atomic mass is 32.2. The van der Waals surface area contributed by atoms with Crippen LogP contribution in [0.25, 0.3) is 0 Å². The molecule has 0 fully saturated rings. The topological polar surface area (TPSA) is 98.0 Å². The number of nitrogens with zero attached hydrogens (tertiary/aromatic N) is 3. The molecule has 1 N–H and O–H groups in total. The van der Waals surface area contributed by atoms with Gasteiger partial charge in [0.2, 0.25) is 5.91 Å². The molecule has 0 aliphatic heterocycles. The van der Waals surface area contributed by atoms with Gasteiger partial charge in [0.25, 0.3) is 5.69 Å². The number of nitrogens with one attached hydrogen (secondary N) is 1. The van der Waals surface area contributed by atoms with Crippen LogP contribution in [0.15, 0.2) is 28.6 Å². The van der Waals surface area contributed by atoms with Crippen LogP contribution in [0, 0.1) is 17.0 Å². The molecule has 2 rings (SSSR count). The van der Waals surface area contributed by atoms with E-state index >= 15 is 0 Å². The molecule has 1 amide bonds. The number of aromatic nitrogens is 2. The minimum absolute atomic E-state index is 0.0141. The predicted octanol–water partition coefficient (Wildman–Crippen LogP) is 2.87. The zero-order valence-corrected chi connectivity index (χ0v) is 12.9. The summed E-state index contributed by atoms with van der Waals surface area (Å²) < 4.78 is 0.735. The van der Waals surface area contributed by atoms with Crippen molar-refractivity contribution in [2.24, 2.45) is 0 Å². The fourth-order valence-electron chi connectivity index (χ4n) is 1.44. The lowest BCUT2D eigenvalue weighted by Gasteiger charge is -2.09. The Morgan fingerprint density at radius 3 is 2.57 bits per heavy atom. The third kappa shape index (κ3) is 4.23. The van der Waals surface area contributed by atoms with E-state index in [1.165, 1.54) is 47.4 Å². The number of nitro benzene ring substituents is 1. The zero-order chi connectivity index (χ0) is 15.4. The van der Waals surface area contributed by atoms with Gasteiger partial charge in [-0.3, -0.25) is 14.9 Å². The maximum atomic E-state index is 12.0. The number of rotatable bonds is 5. The Labute approximate surface area is 128 Å². The molecule has 0 aliphatic rings. The van der Waals surface area contributed by atoms with E-state index in [-0.39, 0.29) is 16.8 Å². The predicted molar refractivity (Wildman–Crippen MR) is 81.7 cm³/mol. The molecule has 0 saturated heterocycles. The van der Waals surface area contributed by atoms with Gasteiger partial charge in [0.05, 0.1) is 10.2 Å². The minimum atomic E-state index is -0.484. The number of anilines is 1. The first-order chi connectivity index (χ1) is 9.95. The zero-order valence-electron chi connectivity index (χ0n) is 11.3.